The van der Waals surface area contributed by atoms with E-state index in [2.05, 4.69) is 10.2 Å². The number of ether oxygens (including phenoxy) is 1. The lowest BCUT2D eigenvalue weighted by Crippen LogP contribution is -2.07. The molecule has 0 unspecified atom stereocenters. The van der Waals surface area contributed by atoms with Crippen LogP contribution < -0.4 is 4.74 Å². The first-order valence-electron chi connectivity index (χ1n) is 7.94. The molecule has 0 amide bonds. The maximum absolute atomic E-state index is 6.14. The minimum absolute atomic E-state index is 0.278. The molecule has 0 saturated carbocycles. The first kappa shape index (κ1) is 19.4. The number of halogens is 3. The molecule has 0 atom stereocenters. The highest BCUT2D eigenvalue weighted by atomic mass is 35.5. The van der Waals surface area contributed by atoms with E-state index in [9.17, 15) is 0 Å². The molecule has 26 heavy (non-hydrogen) atoms. The minimum atomic E-state index is 0.278. The molecule has 1 heterocycles. The molecule has 4 nitrogen and oxygen atoms in total. The molecular weight excluding hydrogens is 413 g/mol. The van der Waals surface area contributed by atoms with Crippen LogP contribution in [0, 0.1) is 0 Å². The van der Waals surface area contributed by atoms with Crippen LogP contribution in [-0.2, 0) is 18.9 Å². The van der Waals surface area contributed by atoms with Crippen LogP contribution in [0.25, 0.3) is 0 Å². The Balaban J connectivity index is 1.67. The van der Waals surface area contributed by atoms with Gasteiger partial charge in [0.05, 0.1) is 5.02 Å². The van der Waals surface area contributed by atoms with E-state index in [-0.39, 0.29) is 6.61 Å². The molecule has 0 aliphatic rings. The van der Waals surface area contributed by atoms with Gasteiger partial charge in [0.1, 0.15) is 12.4 Å². The van der Waals surface area contributed by atoms with Gasteiger partial charge in [-0.3, -0.25) is 0 Å². The number of hydrogen-bond acceptors (Lipinski definition) is 4. The van der Waals surface area contributed by atoms with Crippen molar-refractivity contribution in [2.24, 2.45) is 0 Å². The topological polar surface area (TPSA) is 39.9 Å². The van der Waals surface area contributed by atoms with Gasteiger partial charge in [-0.25, -0.2) is 0 Å². The number of thioether (sulfide) groups is 1. The van der Waals surface area contributed by atoms with Gasteiger partial charge in [-0.2, -0.15) is 0 Å². The zero-order valence-corrected chi connectivity index (χ0v) is 17.0. The quantitative estimate of drug-likeness (QED) is 0.424. The molecule has 0 aliphatic heterocycles. The van der Waals surface area contributed by atoms with Crippen LogP contribution >= 0.6 is 46.6 Å². The fourth-order valence-corrected chi connectivity index (χ4v) is 4.00. The average molecular weight is 429 g/mol. The third-order valence-electron chi connectivity index (χ3n) is 3.62. The molecule has 0 fully saturated rings. The average Bonchev–Trinajstić information content (AvgIpc) is 3.01. The van der Waals surface area contributed by atoms with Gasteiger partial charge in [-0.15, -0.1) is 10.2 Å². The summed E-state index contributed by atoms with van der Waals surface area (Å²) in [4.78, 5) is 0. The number of benzene rings is 2. The van der Waals surface area contributed by atoms with Gasteiger partial charge in [0, 0.05) is 22.3 Å². The van der Waals surface area contributed by atoms with Crippen molar-refractivity contribution in [1.29, 1.82) is 0 Å². The highest BCUT2D eigenvalue weighted by Gasteiger charge is 2.13. The summed E-state index contributed by atoms with van der Waals surface area (Å²) in [6, 6.07) is 12.9. The van der Waals surface area contributed by atoms with Crippen molar-refractivity contribution in [1.82, 2.24) is 14.8 Å². The second-order valence-electron chi connectivity index (χ2n) is 5.43. The molecule has 8 heteroatoms. The van der Waals surface area contributed by atoms with Crippen LogP contribution in [0.3, 0.4) is 0 Å². The van der Waals surface area contributed by atoms with E-state index in [0.29, 0.717) is 15.8 Å². The van der Waals surface area contributed by atoms with Gasteiger partial charge >= 0.3 is 0 Å². The molecule has 3 rings (SSSR count). The molecule has 0 bridgehead atoms. The van der Waals surface area contributed by atoms with E-state index in [1.54, 1.807) is 30.0 Å². The molecule has 3 aromatic rings. The van der Waals surface area contributed by atoms with Crippen molar-refractivity contribution in [3.63, 3.8) is 0 Å². The monoisotopic (exact) mass is 427 g/mol. The summed E-state index contributed by atoms with van der Waals surface area (Å²) in [5.74, 6) is 2.07. The van der Waals surface area contributed by atoms with E-state index in [4.69, 9.17) is 39.5 Å². The Labute approximate surface area is 171 Å². The van der Waals surface area contributed by atoms with E-state index < -0.39 is 0 Å². The zero-order chi connectivity index (χ0) is 18.5. The van der Waals surface area contributed by atoms with Crippen LogP contribution in [0.5, 0.6) is 5.75 Å². The van der Waals surface area contributed by atoms with Crippen LogP contribution in [-0.4, -0.2) is 14.8 Å². The molecule has 0 saturated heterocycles. The van der Waals surface area contributed by atoms with E-state index in [0.717, 1.165) is 33.9 Å². The van der Waals surface area contributed by atoms with Gasteiger partial charge in [-0.05, 0) is 42.8 Å². The van der Waals surface area contributed by atoms with Gasteiger partial charge in [-0.1, -0.05) is 58.7 Å². The number of aromatic nitrogens is 3. The Morgan fingerprint density at radius 1 is 1.04 bits per heavy atom. The molecule has 1 aromatic heterocycles. The molecule has 0 N–H and O–H groups in total. The van der Waals surface area contributed by atoms with Crippen LogP contribution in [0.4, 0.5) is 0 Å². The van der Waals surface area contributed by atoms with E-state index in [1.165, 1.54) is 0 Å². The van der Waals surface area contributed by atoms with Gasteiger partial charge < -0.3 is 9.30 Å². The molecule has 0 radical (unpaired) electrons. The Morgan fingerprint density at radius 2 is 1.85 bits per heavy atom. The van der Waals surface area contributed by atoms with Crippen LogP contribution in [0.15, 0.2) is 47.6 Å². The largest absolute Gasteiger partial charge is 0.484 e. The first-order valence-corrected chi connectivity index (χ1v) is 10.1. The first-order chi connectivity index (χ1) is 12.6. The lowest BCUT2D eigenvalue weighted by atomic mass is 10.2. The second-order valence-corrected chi connectivity index (χ2v) is 7.65. The number of hydrogen-bond donors (Lipinski definition) is 0. The fourth-order valence-electron chi connectivity index (χ4n) is 2.36. The van der Waals surface area contributed by atoms with E-state index in [1.807, 2.05) is 35.8 Å². The molecule has 2 aromatic carbocycles. The third kappa shape index (κ3) is 4.86. The van der Waals surface area contributed by atoms with Gasteiger partial charge in [0.15, 0.2) is 11.0 Å². The minimum Gasteiger partial charge on any atom is -0.484 e. The lowest BCUT2D eigenvalue weighted by molar-refractivity contribution is 0.288. The lowest BCUT2D eigenvalue weighted by Gasteiger charge is -2.10. The molecular formula is C18H16Cl3N3OS. The highest BCUT2D eigenvalue weighted by Crippen LogP contribution is 2.29. The summed E-state index contributed by atoms with van der Waals surface area (Å²) in [5.41, 5.74) is 1.14. The van der Waals surface area contributed by atoms with E-state index >= 15 is 0 Å². The van der Waals surface area contributed by atoms with Crippen molar-refractivity contribution in [3.8, 4) is 5.75 Å². The summed E-state index contributed by atoms with van der Waals surface area (Å²) in [5, 5.41) is 11.1. The Hall–Kier alpha value is -1.40. The SMILES string of the molecule is CCn1c(COc2ccc(Cl)cc2Cl)nnc1SCc1cccc(Cl)c1. The van der Waals surface area contributed by atoms with Crippen LogP contribution in [0.2, 0.25) is 15.1 Å². The molecule has 0 spiro atoms. The maximum Gasteiger partial charge on any atom is 0.191 e. The standard InChI is InChI=1S/C18H16Cl3N3OS/c1-2-24-17(10-25-16-7-6-14(20)9-15(16)21)22-23-18(24)26-11-12-4-3-5-13(19)8-12/h3-9H,2,10-11H2,1H3. The summed E-state index contributed by atoms with van der Waals surface area (Å²) >= 11 is 19.7. The number of nitrogens with zero attached hydrogens (tertiary/aromatic N) is 3. The Morgan fingerprint density at radius 3 is 2.58 bits per heavy atom. The molecule has 136 valence electrons. The van der Waals surface area contributed by atoms with Crippen molar-refractivity contribution < 1.29 is 4.74 Å². The summed E-state index contributed by atoms with van der Waals surface area (Å²) < 4.78 is 7.80. The summed E-state index contributed by atoms with van der Waals surface area (Å²) in [6.45, 7) is 3.07. The van der Waals surface area contributed by atoms with Gasteiger partial charge in [0.2, 0.25) is 0 Å². The predicted octanol–water partition coefficient (Wildman–Crippen LogP) is 6.13. The summed E-state index contributed by atoms with van der Waals surface area (Å²) in [6.07, 6.45) is 0. The van der Waals surface area contributed by atoms with Crippen molar-refractivity contribution in [2.45, 2.75) is 31.0 Å². The van der Waals surface area contributed by atoms with Gasteiger partial charge in [0.25, 0.3) is 0 Å². The third-order valence-corrected chi connectivity index (χ3v) is 5.42. The predicted molar refractivity (Wildman–Crippen MR) is 108 cm³/mol. The van der Waals surface area contributed by atoms with Crippen LogP contribution in [0.1, 0.15) is 18.3 Å². The zero-order valence-electron chi connectivity index (χ0n) is 14.0. The maximum atomic E-state index is 6.14. The highest BCUT2D eigenvalue weighted by molar-refractivity contribution is 7.98. The Kier molecular flexibility index (Phi) is 6.70. The summed E-state index contributed by atoms with van der Waals surface area (Å²) in [7, 11) is 0. The Bertz CT molecular complexity index is 901. The van der Waals surface area contributed by atoms with Crippen molar-refractivity contribution >= 4 is 46.6 Å². The number of rotatable bonds is 7. The second kappa shape index (κ2) is 9.00. The van der Waals surface area contributed by atoms with Crippen molar-refractivity contribution in [2.75, 3.05) is 0 Å². The smallest absolute Gasteiger partial charge is 0.191 e. The molecule has 0 aliphatic carbocycles. The fraction of sp³-hybridized carbons (Fsp3) is 0.222. The van der Waals surface area contributed by atoms with Crippen molar-refractivity contribution in [3.05, 3.63) is 68.9 Å². The normalized spacial score (nSPS) is 10.9.